The van der Waals surface area contributed by atoms with E-state index in [0.29, 0.717) is 6.10 Å². The summed E-state index contributed by atoms with van der Waals surface area (Å²) in [7, 11) is 0. The van der Waals surface area contributed by atoms with E-state index in [1.165, 1.54) is 44.1 Å². The van der Waals surface area contributed by atoms with E-state index in [1.807, 2.05) is 12.1 Å². The fourth-order valence-corrected chi connectivity index (χ4v) is 3.33. The van der Waals surface area contributed by atoms with Crippen molar-refractivity contribution in [3.8, 4) is 0 Å². The summed E-state index contributed by atoms with van der Waals surface area (Å²) in [5, 5.41) is 0.792. The van der Waals surface area contributed by atoms with Crippen molar-refractivity contribution in [3.05, 3.63) is 34.9 Å². The third-order valence-electron chi connectivity index (χ3n) is 3.54. The molecule has 1 atom stereocenters. The molecule has 3 heteroatoms. The van der Waals surface area contributed by atoms with Gasteiger partial charge in [-0.05, 0) is 30.5 Å². The molecule has 1 unspecified atom stereocenters. The Bertz CT molecular complexity index is 344. The molecule has 1 aromatic rings. The van der Waals surface area contributed by atoms with Crippen LogP contribution in [0.2, 0.25) is 5.02 Å². The largest absolute Gasteiger partial charge is 0.369 e. The zero-order chi connectivity index (χ0) is 12.8. The molecule has 0 amide bonds. The molecule has 1 saturated carbocycles. The van der Waals surface area contributed by atoms with E-state index in [4.69, 9.17) is 16.3 Å². The number of hydrogen-bond donors (Lipinski definition) is 0. The van der Waals surface area contributed by atoms with Crippen LogP contribution < -0.4 is 0 Å². The van der Waals surface area contributed by atoms with Crippen LogP contribution in [0.3, 0.4) is 0 Å². The van der Waals surface area contributed by atoms with Crippen molar-refractivity contribution < 1.29 is 4.74 Å². The Kier molecular flexibility index (Phi) is 6.25. The number of rotatable bonds is 4. The predicted octanol–water partition coefficient (Wildman–Crippen LogP) is 5.56. The number of alkyl halides is 1. The van der Waals surface area contributed by atoms with Crippen LogP contribution in [0.4, 0.5) is 0 Å². The lowest BCUT2D eigenvalue weighted by molar-refractivity contribution is -0.00705. The second-order valence-corrected chi connectivity index (χ2v) is 6.26. The second-order valence-electron chi connectivity index (χ2n) is 4.94. The van der Waals surface area contributed by atoms with Crippen molar-refractivity contribution in [2.45, 2.75) is 50.7 Å². The van der Waals surface area contributed by atoms with Crippen LogP contribution in [-0.2, 0) is 4.74 Å². The Morgan fingerprint density at radius 2 is 1.72 bits per heavy atom. The van der Waals surface area contributed by atoms with Gasteiger partial charge in [0.05, 0.1) is 12.2 Å². The number of hydrogen-bond acceptors (Lipinski definition) is 1. The molecule has 18 heavy (non-hydrogen) atoms. The van der Waals surface area contributed by atoms with E-state index in [9.17, 15) is 0 Å². The first-order chi connectivity index (χ1) is 8.79. The second kappa shape index (κ2) is 7.71. The van der Waals surface area contributed by atoms with Crippen molar-refractivity contribution in [2.24, 2.45) is 0 Å². The molecule has 0 bridgehead atoms. The van der Waals surface area contributed by atoms with Crippen LogP contribution in [0, 0.1) is 0 Å². The van der Waals surface area contributed by atoms with Crippen molar-refractivity contribution in [2.75, 3.05) is 4.43 Å². The van der Waals surface area contributed by atoms with Crippen LogP contribution in [0.15, 0.2) is 24.3 Å². The highest BCUT2D eigenvalue weighted by atomic mass is 127. The third kappa shape index (κ3) is 4.39. The highest BCUT2D eigenvalue weighted by Gasteiger charge is 2.18. The van der Waals surface area contributed by atoms with Gasteiger partial charge in [0.15, 0.2) is 0 Å². The first kappa shape index (κ1) is 14.6. The summed E-state index contributed by atoms with van der Waals surface area (Å²) in [4.78, 5) is 0. The van der Waals surface area contributed by atoms with Gasteiger partial charge in [-0.15, -0.1) is 0 Å². The maximum atomic E-state index is 6.30. The van der Waals surface area contributed by atoms with Gasteiger partial charge >= 0.3 is 0 Å². The zero-order valence-electron chi connectivity index (χ0n) is 10.6. The lowest BCUT2D eigenvalue weighted by atomic mass is 10.1. The summed E-state index contributed by atoms with van der Waals surface area (Å²) in [5.41, 5.74) is 1.25. The van der Waals surface area contributed by atoms with Gasteiger partial charge in [0, 0.05) is 9.45 Å². The molecule has 100 valence electrons. The molecular weight excluding hydrogens is 359 g/mol. The quantitative estimate of drug-likeness (QED) is 0.379. The molecule has 0 radical (unpaired) electrons. The molecule has 1 aliphatic carbocycles. The molecule has 0 spiro atoms. The van der Waals surface area contributed by atoms with Crippen LogP contribution in [0.25, 0.3) is 0 Å². The van der Waals surface area contributed by atoms with Gasteiger partial charge in [-0.25, -0.2) is 0 Å². The minimum absolute atomic E-state index is 0.214. The fraction of sp³-hybridized carbons (Fsp3) is 0.600. The minimum Gasteiger partial charge on any atom is -0.369 e. The van der Waals surface area contributed by atoms with Gasteiger partial charge in [0.2, 0.25) is 0 Å². The van der Waals surface area contributed by atoms with E-state index in [0.717, 1.165) is 9.45 Å². The Morgan fingerprint density at radius 1 is 1.11 bits per heavy atom. The minimum atomic E-state index is 0.214. The van der Waals surface area contributed by atoms with Crippen LogP contribution in [0.5, 0.6) is 0 Å². The average Bonchev–Trinajstić information content (AvgIpc) is 2.66. The van der Waals surface area contributed by atoms with E-state index in [1.54, 1.807) is 0 Å². The molecule has 0 N–H and O–H groups in total. The van der Waals surface area contributed by atoms with Crippen molar-refractivity contribution >= 4 is 34.2 Å². The number of ether oxygens (including phenoxy) is 1. The lowest BCUT2D eigenvalue weighted by Crippen LogP contribution is -2.17. The molecule has 0 heterocycles. The zero-order valence-corrected chi connectivity index (χ0v) is 13.5. The standard InChI is InChI=1S/C15H20ClIO/c16-13-9-7-12(8-10-13)15(11-17)18-14-5-3-1-2-4-6-14/h7-10,14-15H,1-6,11H2. The summed E-state index contributed by atoms with van der Waals surface area (Å²) >= 11 is 8.34. The third-order valence-corrected chi connectivity index (χ3v) is 4.59. The van der Waals surface area contributed by atoms with E-state index >= 15 is 0 Å². The van der Waals surface area contributed by atoms with Gasteiger partial charge in [-0.2, -0.15) is 0 Å². The van der Waals surface area contributed by atoms with Crippen LogP contribution in [-0.4, -0.2) is 10.5 Å². The van der Waals surface area contributed by atoms with Crippen LogP contribution in [0.1, 0.15) is 50.2 Å². The maximum absolute atomic E-state index is 6.30. The highest BCUT2D eigenvalue weighted by molar-refractivity contribution is 14.1. The molecule has 1 fully saturated rings. The summed E-state index contributed by atoms with van der Waals surface area (Å²) in [6.07, 6.45) is 8.49. The average molecular weight is 379 g/mol. The molecule has 1 aromatic carbocycles. The molecule has 1 aliphatic rings. The van der Waals surface area contributed by atoms with Gasteiger partial charge < -0.3 is 4.74 Å². The van der Waals surface area contributed by atoms with Gasteiger partial charge in [0.1, 0.15) is 0 Å². The van der Waals surface area contributed by atoms with Gasteiger partial charge in [0.25, 0.3) is 0 Å². The molecule has 0 saturated heterocycles. The topological polar surface area (TPSA) is 9.23 Å². The summed E-state index contributed by atoms with van der Waals surface area (Å²) in [6.45, 7) is 0. The Balaban J connectivity index is 1.97. The Hall–Kier alpha value is 0.200. The molecule has 0 aromatic heterocycles. The van der Waals surface area contributed by atoms with Crippen molar-refractivity contribution in [1.82, 2.24) is 0 Å². The summed E-state index contributed by atoms with van der Waals surface area (Å²) in [5.74, 6) is 0. The summed E-state index contributed by atoms with van der Waals surface area (Å²) in [6, 6.07) is 8.07. The van der Waals surface area contributed by atoms with E-state index in [-0.39, 0.29) is 6.10 Å². The maximum Gasteiger partial charge on any atom is 0.0918 e. The molecule has 0 aliphatic heterocycles. The number of halogens is 2. The van der Waals surface area contributed by atoms with Gasteiger partial charge in [-0.3, -0.25) is 0 Å². The van der Waals surface area contributed by atoms with E-state index < -0.39 is 0 Å². The summed E-state index contributed by atoms with van der Waals surface area (Å²) < 4.78 is 7.29. The van der Waals surface area contributed by atoms with E-state index in [2.05, 4.69) is 34.7 Å². The Labute approximate surface area is 128 Å². The molecular formula is C15H20ClIO. The molecule has 1 nitrogen and oxygen atoms in total. The SMILES string of the molecule is Clc1ccc(C(CI)OC2CCCCCC2)cc1. The monoisotopic (exact) mass is 378 g/mol. The normalized spacial score (nSPS) is 19.4. The van der Waals surface area contributed by atoms with Crippen LogP contribution >= 0.6 is 34.2 Å². The smallest absolute Gasteiger partial charge is 0.0918 e. The first-order valence-electron chi connectivity index (χ1n) is 6.76. The van der Waals surface area contributed by atoms with Crippen molar-refractivity contribution in [3.63, 3.8) is 0 Å². The predicted molar refractivity (Wildman–Crippen MR) is 85.7 cm³/mol. The fourth-order valence-electron chi connectivity index (χ4n) is 2.49. The molecule has 2 rings (SSSR count). The lowest BCUT2D eigenvalue weighted by Gasteiger charge is -2.23. The first-order valence-corrected chi connectivity index (χ1v) is 8.67. The highest BCUT2D eigenvalue weighted by Crippen LogP contribution is 2.28. The van der Waals surface area contributed by atoms with Gasteiger partial charge in [-0.1, -0.05) is 72.0 Å². The Morgan fingerprint density at radius 3 is 2.28 bits per heavy atom. The number of benzene rings is 1. The van der Waals surface area contributed by atoms with Crippen molar-refractivity contribution in [1.29, 1.82) is 0 Å².